The zero-order valence-corrected chi connectivity index (χ0v) is 15.1. The van der Waals surface area contributed by atoms with Crippen LogP contribution in [0.4, 0.5) is 33.7 Å². The molecule has 7 nitrogen and oxygen atoms in total. The quantitative estimate of drug-likeness (QED) is 0.765. The monoisotopic (exact) mass is 417 g/mol. The SMILES string of the molecule is Cc1cnc(Nc2cc(OC(F)(F)F)ccn2)nc1C(=O)N1CCCC(F)(F)C1. The van der Waals surface area contributed by atoms with Gasteiger partial charge in [-0.05, 0) is 25.0 Å². The van der Waals surface area contributed by atoms with Gasteiger partial charge in [0.25, 0.3) is 11.8 Å². The molecule has 3 rings (SSSR count). The van der Waals surface area contributed by atoms with Crippen molar-refractivity contribution in [2.45, 2.75) is 32.1 Å². The van der Waals surface area contributed by atoms with E-state index >= 15 is 0 Å². The van der Waals surface area contributed by atoms with E-state index in [0.29, 0.717) is 5.56 Å². The molecule has 12 heteroatoms. The number of alkyl halides is 5. The van der Waals surface area contributed by atoms with Crippen molar-refractivity contribution in [1.29, 1.82) is 0 Å². The average molecular weight is 417 g/mol. The molecule has 1 N–H and O–H groups in total. The molecule has 0 bridgehead atoms. The van der Waals surface area contributed by atoms with E-state index in [1.165, 1.54) is 6.20 Å². The second kappa shape index (κ2) is 7.76. The zero-order valence-electron chi connectivity index (χ0n) is 15.1. The standard InChI is InChI=1S/C17H16F5N5O2/c1-10-8-24-15(25-12-7-11(3-5-23-12)29-17(20,21)22)26-13(10)14(28)27-6-2-4-16(18,19)9-27/h3,5,7-8H,2,4,6,9H2,1H3,(H,23,24,25,26). The summed E-state index contributed by atoms with van der Waals surface area (Å²) in [6, 6.07) is 1.99. The lowest BCUT2D eigenvalue weighted by molar-refractivity contribution is -0.274. The molecule has 3 heterocycles. The molecule has 1 saturated heterocycles. The Labute approximate surface area is 161 Å². The Bertz CT molecular complexity index is 906. The Kier molecular flexibility index (Phi) is 5.53. The van der Waals surface area contributed by atoms with Gasteiger partial charge in [0.05, 0.1) is 6.54 Å². The van der Waals surface area contributed by atoms with E-state index in [0.717, 1.165) is 23.2 Å². The number of piperidine rings is 1. The van der Waals surface area contributed by atoms with Gasteiger partial charge in [0.1, 0.15) is 17.3 Å². The molecule has 0 atom stereocenters. The van der Waals surface area contributed by atoms with Crippen LogP contribution in [0.5, 0.6) is 5.75 Å². The van der Waals surface area contributed by atoms with E-state index in [1.807, 2.05) is 0 Å². The van der Waals surface area contributed by atoms with Gasteiger partial charge in [-0.2, -0.15) is 0 Å². The summed E-state index contributed by atoms with van der Waals surface area (Å²) in [5, 5.41) is 2.57. The predicted molar refractivity (Wildman–Crippen MR) is 91.1 cm³/mol. The van der Waals surface area contributed by atoms with Gasteiger partial charge in [-0.1, -0.05) is 0 Å². The third kappa shape index (κ3) is 5.48. The first-order valence-electron chi connectivity index (χ1n) is 8.52. The van der Waals surface area contributed by atoms with Crippen LogP contribution in [0, 0.1) is 6.92 Å². The fourth-order valence-electron chi connectivity index (χ4n) is 2.80. The molecular weight excluding hydrogens is 401 g/mol. The summed E-state index contributed by atoms with van der Waals surface area (Å²) < 4.78 is 68.0. The number of ether oxygens (including phenoxy) is 1. The summed E-state index contributed by atoms with van der Waals surface area (Å²) >= 11 is 0. The van der Waals surface area contributed by atoms with E-state index < -0.39 is 30.5 Å². The topological polar surface area (TPSA) is 80.2 Å². The number of nitrogens with zero attached hydrogens (tertiary/aromatic N) is 4. The molecule has 0 aliphatic carbocycles. The molecule has 2 aromatic rings. The Morgan fingerprint density at radius 3 is 2.76 bits per heavy atom. The van der Waals surface area contributed by atoms with Crippen molar-refractivity contribution in [1.82, 2.24) is 19.9 Å². The number of aromatic nitrogens is 3. The maximum atomic E-state index is 13.6. The lowest BCUT2D eigenvalue weighted by Crippen LogP contribution is -2.46. The summed E-state index contributed by atoms with van der Waals surface area (Å²) in [4.78, 5) is 25.5. The second-order valence-corrected chi connectivity index (χ2v) is 6.46. The average Bonchev–Trinajstić information content (AvgIpc) is 2.61. The van der Waals surface area contributed by atoms with Crippen LogP contribution in [-0.2, 0) is 0 Å². The maximum Gasteiger partial charge on any atom is 0.573 e. The van der Waals surface area contributed by atoms with Gasteiger partial charge in [0.15, 0.2) is 0 Å². The zero-order chi connectivity index (χ0) is 21.2. The molecule has 29 heavy (non-hydrogen) atoms. The third-order valence-corrected chi connectivity index (χ3v) is 4.06. The van der Waals surface area contributed by atoms with E-state index in [-0.39, 0.29) is 36.8 Å². The minimum absolute atomic E-state index is 0.0569. The normalized spacial score (nSPS) is 16.4. The fourth-order valence-corrected chi connectivity index (χ4v) is 2.80. The highest BCUT2D eigenvalue weighted by Crippen LogP contribution is 2.28. The van der Waals surface area contributed by atoms with Gasteiger partial charge in [0, 0.05) is 31.4 Å². The Morgan fingerprint density at radius 1 is 1.31 bits per heavy atom. The number of halogens is 5. The number of likely N-dealkylation sites (tertiary alicyclic amines) is 1. The summed E-state index contributed by atoms with van der Waals surface area (Å²) in [5.41, 5.74) is 0.291. The van der Waals surface area contributed by atoms with Crippen LogP contribution in [0.15, 0.2) is 24.5 Å². The van der Waals surface area contributed by atoms with Crippen molar-refractivity contribution < 1.29 is 31.5 Å². The maximum absolute atomic E-state index is 13.6. The number of hydrogen-bond acceptors (Lipinski definition) is 6. The van der Waals surface area contributed by atoms with Crippen LogP contribution in [0.2, 0.25) is 0 Å². The number of anilines is 2. The van der Waals surface area contributed by atoms with E-state index in [4.69, 9.17) is 0 Å². The van der Waals surface area contributed by atoms with E-state index in [1.54, 1.807) is 6.92 Å². The number of pyridine rings is 1. The van der Waals surface area contributed by atoms with Gasteiger partial charge in [-0.15, -0.1) is 13.2 Å². The third-order valence-electron chi connectivity index (χ3n) is 4.06. The van der Waals surface area contributed by atoms with Crippen LogP contribution in [-0.4, -0.2) is 51.1 Å². The van der Waals surface area contributed by atoms with Gasteiger partial charge in [-0.25, -0.2) is 23.7 Å². The van der Waals surface area contributed by atoms with Crippen molar-refractivity contribution in [2.75, 3.05) is 18.4 Å². The molecule has 1 aliphatic heterocycles. The predicted octanol–water partition coefficient (Wildman–Crippen LogP) is 3.69. The van der Waals surface area contributed by atoms with Crippen LogP contribution < -0.4 is 10.1 Å². The molecule has 0 saturated carbocycles. The lowest BCUT2D eigenvalue weighted by atomic mass is 10.1. The van der Waals surface area contributed by atoms with Crippen molar-refractivity contribution in [2.24, 2.45) is 0 Å². The number of aryl methyl sites for hydroxylation is 1. The number of rotatable bonds is 4. The number of carbonyl (C=O) groups is 1. The smallest absolute Gasteiger partial charge is 0.406 e. The van der Waals surface area contributed by atoms with Gasteiger partial charge < -0.3 is 15.0 Å². The molecule has 0 spiro atoms. The summed E-state index contributed by atoms with van der Waals surface area (Å²) in [6.07, 6.45) is -2.59. The largest absolute Gasteiger partial charge is 0.573 e. The van der Waals surface area contributed by atoms with Crippen molar-refractivity contribution >= 4 is 17.7 Å². The molecule has 0 aromatic carbocycles. The van der Waals surface area contributed by atoms with Gasteiger partial charge >= 0.3 is 6.36 Å². The highest BCUT2D eigenvalue weighted by atomic mass is 19.4. The minimum atomic E-state index is -4.87. The molecule has 0 unspecified atom stereocenters. The summed E-state index contributed by atoms with van der Waals surface area (Å²) in [7, 11) is 0. The molecular formula is C17H16F5N5O2. The Morgan fingerprint density at radius 2 is 2.07 bits per heavy atom. The van der Waals surface area contributed by atoms with E-state index in [9.17, 15) is 26.7 Å². The summed E-state index contributed by atoms with van der Waals surface area (Å²) in [5.74, 6) is -4.32. The highest BCUT2D eigenvalue weighted by molar-refractivity contribution is 5.94. The molecule has 1 aliphatic rings. The lowest BCUT2D eigenvalue weighted by Gasteiger charge is -2.32. The van der Waals surface area contributed by atoms with Gasteiger partial charge in [0.2, 0.25) is 5.95 Å². The van der Waals surface area contributed by atoms with E-state index in [2.05, 4.69) is 25.0 Å². The molecule has 1 amide bonds. The van der Waals surface area contributed by atoms with Crippen molar-refractivity contribution in [3.8, 4) is 5.75 Å². The fraction of sp³-hybridized carbons (Fsp3) is 0.412. The first-order chi connectivity index (χ1) is 13.5. The highest BCUT2D eigenvalue weighted by Gasteiger charge is 2.38. The Hall–Kier alpha value is -3.05. The van der Waals surface area contributed by atoms with Crippen molar-refractivity contribution in [3.05, 3.63) is 35.8 Å². The van der Waals surface area contributed by atoms with Crippen LogP contribution in [0.3, 0.4) is 0 Å². The molecule has 0 radical (unpaired) electrons. The number of nitrogens with one attached hydrogen (secondary N) is 1. The Balaban J connectivity index is 1.79. The molecule has 156 valence electrons. The summed E-state index contributed by atoms with van der Waals surface area (Å²) in [6.45, 7) is 1.03. The molecule has 2 aromatic heterocycles. The van der Waals surface area contributed by atoms with Crippen LogP contribution in [0.1, 0.15) is 28.9 Å². The second-order valence-electron chi connectivity index (χ2n) is 6.46. The molecule has 1 fully saturated rings. The minimum Gasteiger partial charge on any atom is -0.406 e. The van der Waals surface area contributed by atoms with Gasteiger partial charge in [-0.3, -0.25) is 4.79 Å². The first kappa shape index (κ1) is 20.7. The first-order valence-corrected chi connectivity index (χ1v) is 8.52. The van der Waals surface area contributed by atoms with Crippen LogP contribution in [0.25, 0.3) is 0 Å². The number of hydrogen-bond donors (Lipinski definition) is 1. The van der Waals surface area contributed by atoms with Crippen molar-refractivity contribution in [3.63, 3.8) is 0 Å². The number of carbonyl (C=O) groups excluding carboxylic acids is 1. The van der Waals surface area contributed by atoms with Crippen LogP contribution >= 0.6 is 0 Å². The number of amides is 1.